The Morgan fingerprint density at radius 2 is 1.55 bits per heavy atom. The summed E-state index contributed by atoms with van der Waals surface area (Å²) in [6.45, 7) is 0. The van der Waals surface area contributed by atoms with E-state index in [-0.39, 0.29) is 50.1 Å². The van der Waals surface area contributed by atoms with Crippen LogP contribution in [0.3, 0.4) is 0 Å². The lowest BCUT2D eigenvalue weighted by Gasteiger charge is -2.29. The lowest BCUT2D eigenvalue weighted by molar-refractivity contribution is -0.122. The summed E-state index contributed by atoms with van der Waals surface area (Å²) in [4.78, 5) is 51.5. The SMILES string of the molecule is O=C(Nc1ccccc1C(=O)O)c1cccc(N2C(=O)[C@H]3C[C@H](Br)[C@@H](Br)C[C@H]3C2=O)c1. The molecule has 2 aromatic rings. The van der Waals surface area contributed by atoms with Crippen LogP contribution in [0.25, 0.3) is 0 Å². The van der Waals surface area contributed by atoms with Gasteiger partial charge >= 0.3 is 5.97 Å². The molecule has 2 N–H and O–H groups in total. The minimum Gasteiger partial charge on any atom is -0.478 e. The Morgan fingerprint density at radius 1 is 0.935 bits per heavy atom. The number of anilines is 2. The number of aromatic carboxylic acids is 1. The molecule has 4 rings (SSSR count). The number of hydrogen-bond donors (Lipinski definition) is 2. The van der Waals surface area contributed by atoms with Gasteiger partial charge in [0.15, 0.2) is 0 Å². The average Bonchev–Trinajstić information content (AvgIpc) is 2.98. The van der Waals surface area contributed by atoms with Gasteiger partial charge in [-0.2, -0.15) is 0 Å². The maximum Gasteiger partial charge on any atom is 0.337 e. The summed E-state index contributed by atoms with van der Waals surface area (Å²) in [5.74, 6) is -2.97. The Bertz CT molecular complexity index is 1060. The van der Waals surface area contributed by atoms with Gasteiger partial charge in [0.2, 0.25) is 11.8 Å². The van der Waals surface area contributed by atoms with E-state index in [1.807, 2.05) is 0 Å². The molecule has 9 heteroatoms. The molecule has 4 atom stereocenters. The highest BCUT2D eigenvalue weighted by Gasteiger charge is 2.52. The predicted octanol–water partition coefficient (Wildman–Crippen LogP) is 4.06. The number of para-hydroxylation sites is 1. The number of carbonyl (C=O) groups is 4. The minimum absolute atomic E-state index is 0.0327. The van der Waals surface area contributed by atoms with Gasteiger partial charge in [-0.15, -0.1) is 0 Å². The maximum atomic E-state index is 13.0. The van der Waals surface area contributed by atoms with Crippen molar-refractivity contribution in [2.24, 2.45) is 11.8 Å². The summed E-state index contributed by atoms with van der Waals surface area (Å²) in [5.41, 5.74) is 0.678. The Hall–Kier alpha value is -2.52. The van der Waals surface area contributed by atoms with Crippen LogP contribution in [0.4, 0.5) is 11.4 Å². The Morgan fingerprint density at radius 3 is 2.16 bits per heavy atom. The van der Waals surface area contributed by atoms with Crippen molar-refractivity contribution in [2.45, 2.75) is 22.5 Å². The van der Waals surface area contributed by atoms with Crippen LogP contribution in [0.1, 0.15) is 33.6 Å². The first-order valence-corrected chi connectivity index (χ1v) is 11.5. The molecule has 1 saturated carbocycles. The molecule has 2 aliphatic rings. The summed E-state index contributed by atoms with van der Waals surface area (Å²) >= 11 is 7.14. The second-order valence-electron chi connectivity index (χ2n) is 7.58. The van der Waals surface area contributed by atoms with Crippen molar-refractivity contribution in [1.82, 2.24) is 0 Å². The largest absolute Gasteiger partial charge is 0.478 e. The predicted molar refractivity (Wildman–Crippen MR) is 122 cm³/mol. The molecule has 7 nitrogen and oxygen atoms in total. The smallest absolute Gasteiger partial charge is 0.337 e. The molecule has 2 fully saturated rings. The van der Waals surface area contributed by atoms with Gasteiger partial charge in [-0.1, -0.05) is 50.1 Å². The molecule has 2 aromatic carbocycles. The second kappa shape index (κ2) is 8.55. The van der Waals surface area contributed by atoms with E-state index < -0.39 is 11.9 Å². The lowest BCUT2D eigenvalue weighted by Crippen LogP contribution is -2.34. The van der Waals surface area contributed by atoms with Gasteiger partial charge in [-0.05, 0) is 43.2 Å². The highest BCUT2D eigenvalue weighted by atomic mass is 79.9. The van der Waals surface area contributed by atoms with E-state index in [2.05, 4.69) is 37.2 Å². The molecule has 0 bridgehead atoms. The van der Waals surface area contributed by atoms with Crippen molar-refractivity contribution >= 4 is 66.9 Å². The van der Waals surface area contributed by atoms with Gasteiger partial charge in [0.25, 0.3) is 5.91 Å². The van der Waals surface area contributed by atoms with Gasteiger partial charge < -0.3 is 10.4 Å². The second-order valence-corrected chi connectivity index (χ2v) is 9.94. The number of amides is 3. The van der Waals surface area contributed by atoms with E-state index in [1.165, 1.54) is 23.1 Å². The molecule has 1 saturated heterocycles. The van der Waals surface area contributed by atoms with E-state index in [9.17, 15) is 24.3 Å². The normalized spacial score (nSPS) is 25.3. The summed E-state index contributed by atoms with van der Waals surface area (Å²) in [5, 5.41) is 11.9. The molecule has 0 spiro atoms. The number of imide groups is 1. The fourth-order valence-electron chi connectivity index (χ4n) is 4.11. The summed E-state index contributed by atoms with van der Waals surface area (Å²) in [7, 11) is 0. The highest BCUT2D eigenvalue weighted by Crippen LogP contribution is 2.44. The molecular weight excluding hydrogens is 532 g/mol. The number of rotatable bonds is 4. The fraction of sp³-hybridized carbons (Fsp3) is 0.273. The first kappa shape index (κ1) is 21.7. The zero-order valence-electron chi connectivity index (χ0n) is 16.1. The van der Waals surface area contributed by atoms with Gasteiger partial charge in [0.1, 0.15) is 0 Å². The molecule has 1 aliphatic heterocycles. The van der Waals surface area contributed by atoms with Crippen molar-refractivity contribution < 1.29 is 24.3 Å². The van der Waals surface area contributed by atoms with E-state index in [0.29, 0.717) is 18.5 Å². The highest BCUT2D eigenvalue weighted by molar-refractivity contribution is 9.12. The summed E-state index contributed by atoms with van der Waals surface area (Å²) in [6.07, 6.45) is 1.13. The summed E-state index contributed by atoms with van der Waals surface area (Å²) < 4.78 is 0. The van der Waals surface area contributed by atoms with E-state index in [4.69, 9.17) is 0 Å². The number of hydrogen-bond acceptors (Lipinski definition) is 4. The molecular formula is C22H18Br2N2O5. The number of nitrogens with one attached hydrogen (secondary N) is 1. The van der Waals surface area contributed by atoms with Gasteiger partial charge in [-0.25, -0.2) is 4.79 Å². The molecule has 0 aromatic heterocycles. The van der Waals surface area contributed by atoms with E-state index >= 15 is 0 Å². The van der Waals surface area contributed by atoms with Crippen LogP contribution in [0.2, 0.25) is 0 Å². The van der Waals surface area contributed by atoms with Crippen LogP contribution < -0.4 is 10.2 Å². The topological polar surface area (TPSA) is 104 Å². The monoisotopic (exact) mass is 548 g/mol. The van der Waals surface area contributed by atoms with E-state index in [1.54, 1.807) is 30.3 Å². The maximum absolute atomic E-state index is 13.0. The van der Waals surface area contributed by atoms with Gasteiger partial charge in [-0.3, -0.25) is 19.3 Å². The lowest BCUT2D eigenvalue weighted by atomic mass is 9.81. The van der Waals surface area contributed by atoms with Crippen LogP contribution in [-0.4, -0.2) is 38.5 Å². The van der Waals surface area contributed by atoms with Crippen molar-refractivity contribution in [3.05, 3.63) is 59.7 Å². The third kappa shape index (κ3) is 4.04. The Balaban J connectivity index is 1.59. The average molecular weight is 550 g/mol. The molecule has 0 unspecified atom stereocenters. The quantitative estimate of drug-likeness (QED) is 0.442. The van der Waals surface area contributed by atoms with Crippen LogP contribution in [0.15, 0.2) is 48.5 Å². The zero-order chi connectivity index (χ0) is 22.3. The van der Waals surface area contributed by atoms with Crippen LogP contribution in [-0.2, 0) is 9.59 Å². The number of nitrogens with zero attached hydrogens (tertiary/aromatic N) is 1. The molecule has 0 radical (unpaired) electrons. The third-order valence-corrected chi connectivity index (χ3v) is 8.42. The number of fused-ring (bicyclic) bond motifs is 1. The van der Waals surface area contributed by atoms with Gasteiger partial charge in [0.05, 0.1) is 28.8 Å². The first-order chi connectivity index (χ1) is 14.8. The number of benzene rings is 2. The number of carboxylic acid groups (broad SMARTS) is 1. The Kier molecular flexibility index (Phi) is 5.98. The van der Waals surface area contributed by atoms with Crippen LogP contribution in [0.5, 0.6) is 0 Å². The van der Waals surface area contributed by atoms with Crippen molar-refractivity contribution in [1.29, 1.82) is 0 Å². The number of carboxylic acids is 1. The first-order valence-electron chi connectivity index (χ1n) is 9.67. The number of carbonyl (C=O) groups excluding carboxylic acids is 3. The molecule has 1 aliphatic carbocycles. The fourth-order valence-corrected chi connectivity index (χ4v) is 5.35. The number of halogens is 2. The molecule has 31 heavy (non-hydrogen) atoms. The zero-order valence-corrected chi connectivity index (χ0v) is 19.3. The van der Waals surface area contributed by atoms with E-state index in [0.717, 1.165) is 0 Å². The van der Waals surface area contributed by atoms with Crippen LogP contribution >= 0.6 is 31.9 Å². The Labute approximate surface area is 195 Å². The van der Waals surface area contributed by atoms with Crippen molar-refractivity contribution in [3.8, 4) is 0 Å². The number of alkyl halides is 2. The summed E-state index contributed by atoms with van der Waals surface area (Å²) in [6, 6.07) is 12.3. The molecule has 1 heterocycles. The van der Waals surface area contributed by atoms with Crippen molar-refractivity contribution in [3.63, 3.8) is 0 Å². The van der Waals surface area contributed by atoms with Crippen LogP contribution in [0, 0.1) is 11.8 Å². The molecule has 160 valence electrons. The van der Waals surface area contributed by atoms with Gasteiger partial charge in [0, 0.05) is 15.2 Å². The standard InChI is InChI=1S/C22H18Br2N2O5/c23-16-9-14-15(10-17(16)24)21(29)26(20(14)28)12-5-3-4-11(8-12)19(27)25-18-7-2-1-6-13(18)22(30)31/h1-8,14-17H,9-10H2,(H,25,27)(H,30,31)/t14-,15+,16-,17-/m0/s1. The molecule has 3 amide bonds. The minimum atomic E-state index is -1.16. The van der Waals surface area contributed by atoms with Crippen molar-refractivity contribution in [2.75, 3.05) is 10.2 Å². The third-order valence-electron chi connectivity index (χ3n) is 5.68.